The molecule has 212 valence electrons. The first-order chi connectivity index (χ1) is 19.0. The maximum atomic E-state index is 14.1. The maximum Gasteiger partial charge on any atom is 0.429 e. The molecule has 0 saturated carbocycles. The van der Waals surface area contributed by atoms with Gasteiger partial charge in [0.25, 0.3) is 0 Å². The molecule has 0 aliphatic carbocycles. The molecule has 9 nitrogen and oxygen atoms in total. The highest BCUT2D eigenvalue weighted by molar-refractivity contribution is 5.74. The number of nitrogens with two attached hydrogens (primary N) is 1. The molecule has 2 fully saturated rings. The van der Waals surface area contributed by atoms with Crippen molar-refractivity contribution in [1.29, 1.82) is 0 Å². The van der Waals surface area contributed by atoms with E-state index in [9.17, 15) is 28.2 Å². The molecule has 1 aromatic heterocycles. The number of aromatic nitrogens is 2. The van der Waals surface area contributed by atoms with E-state index in [1.165, 1.54) is 18.2 Å². The molecule has 2 saturated heterocycles. The van der Waals surface area contributed by atoms with Crippen LogP contribution in [0.2, 0.25) is 0 Å². The number of rotatable bonds is 7. The standard InChI is InChI=1S/C28H30F3N5O4/c29-28(30,31)24(19-6-4-18(5-7-19)20-3-1-2-17(12-20)15-37)40-23-13-22(34-26(32)35-23)36-10-8-27(9-11-36)14-21(25(38)39)33-16-27/h1-7,12-13,21,24,33,37H,8-11,14-16H2,(H,38,39)(H2,32,34,35)/t21-,24+/m0/s1. The lowest BCUT2D eigenvalue weighted by molar-refractivity contribution is -0.198. The van der Waals surface area contributed by atoms with E-state index in [1.807, 2.05) is 11.0 Å². The number of nitrogen functional groups attached to an aromatic ring is 1. The Morgan fingerprint density at radius 1 is 1.12 bits per heavy atom. The molecular weight excluding hydrogens is 527 g/mol. The summed E-state index contributed by atoms with van der Waals surface area (Å²) in [4.78, 5) is 21.4. The minimum atomic E-state index is -4.73. The van der Waals surface area contributed by atoms with Crippen LogP contribution in [0.1, 0.15) is 36.5 Å². The van der Waals surface area contributed by atoms with Crippen LogP contribution in [0.3, 0.4) is 0 Å². The van der Waals surface area contributed by atoms with Crippen LogP contribution < -0.4 is 20.7 Å². The summed E-state index contributed by atoms with van der Waals surface area (Å²) in [6, 6.07) is 13.8. The van der Waals surface area contributed by atoms with Crippen LogP contribution in [0, 0.1) is 5.41 Å². The number of carboxylic acids is 1. The van der Waals surface area contributed by atoms with Gasteiger partial charge in [-0.15, -0.1) is 0 Å². The van der Waals surface area contributed by atoms with Crippen molar-refractivity contribution in [3.05, 3.63) is 65.7 Å². The summed E-state index contributed by atoms with van der Waals surface area (Å²) in [7, 11) is 0. The number of aliphatic hydroxyl groups is 1. The third kappa shape index (κ3) is 5.97. The summed E-state index contributed by atoms with van der Waals surface area (Å²) >= 11 is 0. The molecule has 12 heteroatoms. The molecule has 5 rings (SSSR count). The van der Waals surface area contributed by atoms with E-state index in [-0.39, 0.29) is 29.4 Å². The lowest BCUT2D eigenvalue weighted by atomic mass is 9.76. The smallest absolute Gasteiger partial charge is 0.429 e. The van der Waals surface area contributed by atoms with Crippen LogP contribution >= 0.6 is 0 Å². The maximum absolute atomic E-state index is 14.1. The van der Waals surface area contributed by atoms with Crippen LogP contribution in [0.25, 0.3) is 11.1 Å². The number of ether oxygens (including phenoxy) is 1. The Balaban J connectivity index is 1.32. The molecule has 1 spiro atoms. The van der Waals surface area contributed by atoms with E-state index in [4.69, 9.17) is 10.5 Å². The van der Waals surface area contributed by atoms with Crippen molar-refractivity contribution in [3.8, 4) is 17.0 Å². The van der Waals surface area contributed by atoms with Crippen LogP contribution in [-0.2, 0) is 11.4 Å². The van der Waals surface area contributed by atoms with Gasteiger partial charge in [-0.25, -0.2) is 0 Å². The molecule has 0 amide bonds. The molecular formula is C28H30F3N5O4. The number of piperidine rings is 1. The summed E-state index contributed by atoms with van der Waals surface area (Å²) in [6.45, 7) is 1.56. The second-order valence-corrected chi connectivity index (χ2v) is 10.4. The molecule has 2 aliphatic heterocycles. The molecule has 2 aliphatic rings. The number of benzene rings is 2. The number of aliphatic hydroxyl groups excluding tert-OH is 1. The lowest BCUT2D eigenvalue weighted by Gasteiger charge is -2.39. The van der Waals surface area contributed by atoms with Crippen LogP contribution in [0.4, 0.5) is 24.9 Å². The van der Waals surface area contributed by atoms with Crippen molar-refractivity contribution in [1.82, 2.24) is 15.3 Å². The van der Waals surface area contributed by atoms with E-state index < -0.39 is 24.3 Å². The number of aliphatic carboxylic acids is 1. The molecule has 2 atom stereocenters. The minimum absolute atomic E-state index is 0.102. The Morgan fingerprint density at radius 2 is 1.85 bits per heavy atom. The van der Waals surface area contributed by atoms with Crippen molar-refractivity contribution < 1.29 is 32.9 Å². The number of alkyl halides is 3. The minimum Gasteiger partial charge on any atom is -0.480 e. The SMILES string of the molecule is Nc1nc(O[C@H](c2ccc(-c3cccc(CO)c3)cc2)C(F)(F)F)cc(N2CCC3(CC2)CN[C@H](C(=O)O)C3)n1. The number of nitrogens with one attached hydrogen (secondary N) is 1. The van der Waals surface area contributed by atoms with E-state index in [0.29, 0.717) is 55.8 Å². The highest BCUT2D eigenvalue weighted by Crippen LogP contribution is 2.41. The number of carboxylic acid groups (broad SMARTS) is 1. The topological polar surface area (TPSA) is 134 Å². The number of nitrogens with zero attached hydrogens (tertiary/aromatic N) is 3. The van der Waals surface area contributed by atoms with Gasteiger partial charge in [-0.1, -0.05) is 42.5 Å². The Labute approximate surface area is 228 Å². The quantitative estimate of drug-likeness (QED) is 0.341. The van der Waals surface area contributed by atoms with Gasteiger partial charge < -0.3 is 30.9 Å². The van der Waals surface area contributed by atoms with Gasteiger partial charge in [-0.05, 0) is 47.4 Å². The molecule has 0 bridgehead atoms. The van der Waals surface area contributed by atoms with Gasteiger partial charge in [0.05, 0.1) is 6.61 Å². The Kier molecular flexibility index (Phi) is 7.56. The second-order valence-electron chi connectivity index (χ2n) is 10.4. The zero-order chi connectivity index (χ0) is 28.5. The van der Waals surface area contributed by atoms with Crippen LogP contribution in [-0.4, -0.2) is 58.0 Å². The zero-order valence-corrected chi connectivity index (χ0v) is 21.6. The van der Waals surface area contributed by atoms with Gasteiger partial charge in [0, 0.05) is 31.3 Å². The van der Waals surface area contributed by atoms with Gasteiger partial charge in [0.1, 0.15) is 11.9 Å². The third-order valence-electron chi connectivity index (χ3n) is 7.71. The Morgan fingerprint density at radius 3 is 2.48 bits per heavy atom. The van der Waals surface area contributed by atoms with E-state index in [1.54, 1.807) is 30.3 Å². The Bertz CT molecular complexity index is 1360. The van der Waals surface area contributed by atoms with Crippen molar-refractivity contribution in [2.24, 2.45) is 5.41 Å². The first-order valence-corrected chi connectivity index (χ1v) is 12.9. The Hall–Kier alpha value is -3.90. The predicted molar refractivity (Wildman–Crippen MR) is 142 cm³/mol. The lowest BCUT2D eigenvalue weighted by Crippen LogP contribution is -2.41. The fourth-order valence-corrected chi connectivity index (χ4v) is 5.48. The van der Waals surface area contributed by atoms with E-state index in [2.05, 4.69) is 15.3 Å². The number of hydrogen-bond acceptors (Lipinski definition) is 8. The summed E-state index contributed by atoms with van der Waals surface area (Å²) in [6.07, 6.45) is -5.05. The zero-order valence-electron chi connectivity index (χ0n) is 21.6. The van der Waals surface area contributed by atoms with Crippen LogP contribution in [0.5, 0.6) is 5.88 Å². The monoisotopic (exact) mass is 557 g/mol. The average molecular weight is 558 g/mol. The summed E-state index contributed by atoms with van der Waals surface area (Å²) in [5.41, 5.74) is 7.79. The molecule has 5 N–H and O–H groups in total. The van der Waals surface area contributed by atoms with Crippen molar-refractivity contribution in [3.63, 3.8) is 0 Å². The van der Waals surface area contributed by atoms with Gasteiger partial charge in [-0.3, -0.25) is 4.79 Å². The van der Waals surface area contributed by atoms with E-state index in [0.717, 1.165) is 5.56 Å². The first-order valence-electron chi connectivity index (χ1n) is 12.9. The fourth-order valence-electron chi connectivity index (χ4n) is 5.48. The second kappa shape index (κ2) is 10.9. The summed E-state index contributed by atoms with van der Waals surface area (Å²) < 4.78 is 47.8. The number of halogens is 3. The number of hydrogen-bond donors (Lipinski definition) is 4. The van der Waals surface area contributed by atoms with Crippen molar-refractivity contribution >= 4 is 17.7 Å². The predicted octanol–water partition coefficient (Wildman–Crippen LogP) is 3.93. The molecule has 0 unspecified atom stereocenters. The van der Waals surface area contributed by atoms with Gasteiger partial charge in [0.2, 0.25) is 17.9 Å². The normalized spacial score (nSPS) is 19.5. The fraction of sp³-hybridized carbons (Fsp3) is 0.393. The molecule has 2 aromatic carbocycles. The highest BCUT2D eigenvalue weighted by Gasteiger charge is 2.45. The van der Waals surface area contributed by atoms with Gasteiger partial charge in [-0.2, -0.15) is 23.1 Å². The van der Waals surface area contributed by atoms with Crippen molar-refractivity contribution in [2.75, 3.05) is 30.3 Å². The van der Waals surface area contributed by atoms with Gasteiger partial charge >= 0.3 is 12.1 Å². The number of anilines is 2. The van der Waals surface area contributed by atoms with Crippen molar-refractivity contribution in [2.45, 2.75) is 44.2 Å². The first kappa shape index (κ1) is 27.7. The van der Waals surface area contributed by atoms with Gasteiger partial charge in [0.15, 0.2) is 0 Å². The molecule has 3 heterocycles. The highest BCUT2D eigenvalue weighted by atomic mass is 19.4. The molecule has 40 heavy (non-hydrogen) atoms. The molecule has 0 radical (unpaired) electrons. The van der Waals surface area contributed by atoms with Crippen LogP contribution in [0.15, 0.2) is 54.6 Å². The summed E-state index contributed by atoms with van der Waals surface area (Å²) in [5.74, 6) is -1.01. The molecule has 3 aromatic rings. The summed E-state index contributed by atoms with van der Waals surface area (Å²) in [5, 5.41) is 21.7. The van der Waals surface area contributed by atoms with E-state index >= 15 is 0 Å². The third-order valence-corrected chi connectivity index (χ3v) is 7.71. The largest absolute Gasteiger partial charge is 0.480 e. The number of carbonyl (C=O) groups is 1. The average Bonchev–Trinajstić information content (AvgIpc) is 3.35.